The average Bonchev–Trinajstić information content (AvgIpc) is 1.16. The van der Waals surface area contributed by atoms with Crippen LogP contribution in [0.2, 0.25) is 0 Å². The predicted octanol–water partition coefficient (Wildman–Crippen LogP) is 35.6. The Balaban J connectivity index is -0.000000212. The summed E-state index contributed by atoms with van der Waals surface area (Å²) in [5.41, 5.74) is 0. The Kier molecular flexibility index (Phi) is 152. The van der Waals surface area contributed by atoms with Gasteiger partial charge in [0.05, 0.1) is 0 Å². The van der Waals surface area contributed by atoms with Gasteiger partial charge < -0.3 is 62.8 Å². The topological polar surface area (TPSA) is 223 Å². The standard InChI is InChI=1S/C19H37O.5C18H38O2.CH4.Ce/c1-3-4-5-6-7-8-9-10-11-12-13-14-15-16-17-18-19(2)20;5*1-2-3-4-5-6-7-8-9-10-11-12-13-14-15-16-17-18(19)20;;/h2,20H,3-18H2,1H3;5*18-20H,2-17H2,1H3;1H4;/q-1;;;;;;;. The fourth-order valence-corrected chi connectivity index (χ4v) is 16.2. The number of aliphatic hydroxyl groups is 11. The molecule has 742 valence electrons. The average molecular weight is 1870 g/mol. The third kappa shape index (κ3) is 164. The first-order valence-corrected chi connectivity index (χ1v) is 54.7. The van der Waals surface area contributed by atoms with E-state index in [1.54, 1.807) is 0 Å². The van der Waals surface area contributed by atoms with Gasteiger partial charge in [0.15, 0.2) is 31.5 Å². The normalized spacial score (nSPS) is 11.1. The van der Waals surface area contributed by atoms with Crippen molar-refractivity contribution >= 4 is 0 Å². The molecule has 0 saturated heterocycles. The molecule has 0 unspecified atom stereocenters. The monoisotopic (exact) mass is 1870 g/mol. The molecule has 12 heteroatoms. The van der Waals surface area contributed by atoms with E-state index < -0.39 is 31.5 Å². The minimum Gasteiger partial charge on any atom is -0.549 e. The molecule has 11 N–H and O–H groups in total. The van der Waals surface area contributed by atoms with Crippen LogP contribution in [0.5, 0.6) is 0 Å². The Labute approximate surface area is 800 Å². The minimum absolute atomic E-state index is 0. The van der Waals surface area contributed by atoms with Crippen molar-refractivity contribution in [1.82, 2.24) is 0 Å². The second-order valence-electron chi connectivity index (χ2n) is 37.3. The molecule has 0 atom stereocenters. The maximum Gasteiger partial charge on any atom is 0.151 e. The van der Waals surface area contributed by atoms with Crippen molar-refractivity contribution in [2.45, 2.75) is 697 Å². The van der Waals surface area contributed by atoms with Gasteiger partial charge in [-0.15, -0.1) is 0 Å². The third-order valence-electron chi connectivity index (χ3n) is 24.4. The molecular weight excluding hydrogens is 1640 g/mol. The molecule has 0 amide bonds. The molecular formula is C110H231CeO11-. The van der Waals surface area contributed by atoms with Crippen LogP contribution in [0.15, 0.2) is 5.76 Å². The summed E-state index contributed by atoms with van der Waals surface area (Å²) < 4.78 is 0. The van der Waals surface area contributed by atoms with Gasteiger partial charge in [-0.2, -0.15) is 0 Å². The first-order valence-electron chi connectivity index (χ1n) is 54.7. The summed E-state index contributed by atoms with van der Waals surface area (Å²) in [6, 6.07) is 0. The minimum atomic E-state index is -1.10. The molecule has 0 aromatic rings. The number of unbranched alkanes of at least 4 members (excludes halogenated alkanes) is 84. The zero-order valence-electron chi connectivity index (χ0n) is 83.3. The molecule has 0 aromatic carbocycles. The van der Waals surface area contributed by atoms with E-state index in [0.29, 0.717) is 38.5 Å². The number of allylic oxidation sites excluding steroid dienone is 1. The van der Waals surface area contributed by atoms with E-state index in [1.807, 2.05) is 0 Å². The van der Waals surface area contributed by atoms with Gasteiger partial charge in [-0.25, -0.2) is 0 Å². The van der Waals surface area contributed by atoms with Crippen LogP contribution < -0.4 is 0 Å². The van der Waals surface area contributed by atoms with Gasteiger partial charge in [0, 0.05) is 41.7 Å². The predicted molar refractivity (Wildman–Crippen MR) is 536 cm³/mol. The zero-order valence-corrected chi connectivity index (χ0v) is 86.4. The van der Waals surface area contributed by atoms with Gasteiger partial charge in [-0.3, -0.25) is 0 Å². The fourth-order valence-electron chi connectivity index (χ4n) is 16.2. The molecule has 0 saturated carbocycles. The molecule has 0 aliphatic heterocycles. The first-order chi connectivity index (χ1) is 58.6. The fraction of sp³-hybridized carbons (Fsp3) is 0.982. The number of hydrogen-bond acceptors (Lipinski definition) is 11. The molecule has 0 bridgehead atoms. The number of hydrogen-bond donors (Lipinski definition) is 11. The van der Waals surface area contributed by atoms with Crippen LogP contribution in [0.1, 0.15) is 665 Å². The van der Waals surface area contributed by atoms with E-state index in [9.17, 15) is 0 Å². The zero-order chi connectivity index (χ0) is 89.3. The van der Waals surface area contributed by atoms with E-state index >= 15 is 0 Å². The Hall–Kier alpha value is 0.517. The summed E-state index contributed by atoms with van der Waals surface area (Å²) in [5.74, 6) is 0.0969. The van der Waals surface area contributed by atoms with Crippen molar-refractivity contribution in [1.29, 1.82) is 0 Å². The molecule has 0 rings (SSSR count). The summed E-state index contributed by atoms with van der Waals surface area (Å²) in [5, 5.41) is 96.0. The van der Waals surface area contributed by atoms with Gasteiger partial charge >= 0.3 is 0 Å². The number of rotatable bonds is 96. The van der Waals surface area contributed by atoms with E-state index in [4.69, 9.17) is 62.8 Å². The summed E-state index contributed by atoms with van der Waals surface area (Å²) in [7, 11) is 0. The van der Waals surface area contributed by atoms with Crippen LogP contribution in [-0.2, 0) is 0 Å². The SMILES string of the molecule is C.CCCCCCCCCCCCCCCCCC(O)O.CCCCCCCCCCCCCCCCCC(O)O.CCCCCCCCCCCCCCCCCC(O)O.CCCCCCCCCCCCCCCCCC(O)O.CCCCCCCCCCCCCCCCCC(O)O.[CH-]=C(O)CCCCCCCCCCCCCCCCC.[Ce]. The molecule has 0 fully saturated rings. The largest absolute Gasteiger partial charge is 0.549 e. The van der Waals surface area contributed by atoms with E-state index in [2.05, 4.69) is 41.5 Å². The second kappa shape index (κ2) is 135. The maximum atomic E-state index is 8.85. The molecule has 0 aliphatic carbocycles. The van der Waals surface area contributed by atoms with Crippen molar-refractivity contribution in [3.8, 4) is 0 Å². The van der Waals surface area contributed by atoms with Crippen LogP contribution in [0.3, 0.4) is 0 Å². The third-order valence-corrected chi connectivity index (χ3v) is 24.4. The van der Waals surface area contributed by atoms with Gasteiger partial charge in [0.1, 0.15) is 0 Å². The van der Waals surface area contributed by atoms with Crippen molar-refractivity contribution in [2.75, 3.05) is 0 Å². The summed E-state index contributed by atoms with van der Waals surface area (Å²) in [6.07, 6.45) is 119. The Bertz CT molecular complexity index is 1430. The molecule has 0 spiro atoms. The van der Waals surface area contributed by atoms with Gasteiger partial charge in [0.25, 0.3) is 0 Å². The molecule has 0 heterocycles. The second-order valence-corrected chi connectivity index (χ2v) is 37.3. The van der Waals surface area contributed by atoms with Crippen molar-refractivity contribution in [3.63, 3.8) is 0 Å². The summed E-state index contributed by atoms with van der Waals surface area (Å²) in [6.45, 7) is 18.9. The van der Waals surface area contributed by atoms with Crippen LogP contribution >= 0.6 is 0 Å². The molecule has 0 radical (unpaired) electrons. The first kappa shape index (κ1) is 138. The van der Waals surface area contributed by atoms with E-state index in [1.165, 1.54) is 507 Å². The Morgan fingerprint density at radius 2 is 0.221 bits per heavy atom. The van der Waals surface area contributed by atoms with Crippen LogP contribution in [-0.4, -0.2) is 87.6 Å². The Morgan fingerprint density at radius 3 is 0.295 bits per heavy atom. The number of aliphatic hydroxyl groups excluding tert-OH is 6. The molecule has 0 aromatic heterocycles. The molecule has 122 heavy (non-hydrogen) atoms. The van der Waals surface area contributed by atoms with Crippen LogP contribution in [0, 0.1) is 48.3 Å². The quantitative estimate of drug-likeness (QED) is 0.0119. The molecule has 11 nitrogen and oxygen atoms in total. The van der Waals surface area contributed by atoms with Crippen molar-refractivity contribution in [3.05, 3.63) is 12.3 Å². The summed E-state index contributed by atoms with van der Waals surface area (Å²) in [4.78, 5) is 0. The Morgan fingerprint density at radius 1 is 0.148 bits per heavy atom. The van der Waals surface area contributed by atoms with Crippen LogP contribution in [0.25, 0.3) is 0 Å². The molecule has 0 aliphatic rings. The van der Waals surface area contributed by atoms with E-state index in [-0.39, 0.29) is 54.9 Å². The van der Waals surface area contributed by atoms with Gasteiger partial charge in [0.2, 0.25) is 0 Å². The van der Waals surface area contributed by atoms with E-state index in [0.717, 1.165) is 70.6 Å². The van der Waals surface area contributed by atoms with Crippen molar-refractivity contribution in [2.24, 2.45) is 0 Å². The summed E-state index contributed by atoms with van der Waals surface area (Å²) >= 11 is 0. The van der Waals surface area contributed by atoms with Gasteiger partial charge in [-0.05, 0) is 77.0 Å². The van der Waals surface area contributed by atoms with Crippen LogP contribution in [0.4, 0.5) is 0 Å². The van der Waals surface area contributed by atoms with Gasteiger partial charge in [-0.1, -0.05) is 594 Å². The smallest absolute Gasteiger partial charge is 0.151 e. The maximum absolute atomic E-state index is 8.85. The van der Waals surface area contributed by atoms with Crippen molar-refractivity contribution < 1.29 is 97.9 Å².